The highest BCUT2D eigenvalue weighted by atomic mass is 16.5. The number of ether oxygens (including phenoxy) is 1. The maximum Gasteiger partial charge on any atom is 0.306 e. The smallest absolute Gasteiger partial charge is 0.306 e. The van der Waals surface area contributed by atoms with Crippen molar-refractivity contribution in [3.63, 3.8) is 0 Å². The Balaban J connectivity index is 1.92. The maximum atomic E-state index is 11.8. The summed E-state index contributed by atoms with van der Waals surface area (Å²) in [6.45, 7) is 8.96. The van der Waals surface area contributed by atoms with Crippen LogP contribution in [0.5, 0.6) is 0 Å². The predicted octanol–water partition coefficient (Wildman–Crippen LogP) is 4.17. The van der Waals surface area contributed by atoms with E-state index < -0.39 is 0 Å². The Morgan fingerprint density at radius 3 is 2.76 bits per heavy atom. The fraction of sp³-hybridized carbons (Fsp3) is 0.500. The minimum absolute atomic E-state index is 0.0735. The van der Waals surface area contributed by atoms with Crippen LogP contribution >= 0.6 is 0 Å². The van der Waals surface area contributed by atoms with E-state index >= 15 is 0 Å². The number of nitrogens with one attached hydrogen (secondary N) is 1. The third-order valence-corrected chi connectivity index (χ3v) is 5.00. The monoisotopic (exact) mass is 285 g/mol. The molecule has 1 aliphatic carbocycles. The zero-order chi connectivity index (χ0) is 15.2. The average molecular weight is 285 g/mol. The summed E-state index contributed by atoms with van der Waals surface area (Å²) in [7, 11) is 0. The van der Waals surface area contributed by atoms with Crippen molar-refractivity contribution >= 4 is 16.9 Å². The number of aryl methyl sites for hydroxylation is 1. The number of carbonyl (C=O) groups excluding carboxylic acids is 1. The van der Waals surface area contributed by atoms with Crippen LogP contribution in [0.1, 0.15) is 44.4 Å². The van der Waals surface area contributed by atoms with E-state index in [4.69, 9.17) is 4.74 Å². The Bertz CT molecular complexity index is 684. The molecule has 112 valence electrons. The van der Waals surface area contributed by atoms with Gasteiger partial charge in [0.05, 0.1) is 6.61 Å². The number of benzene rings is 1. The molecule has 0 spiro atoms. The van der Waals surface area contributed by atoms with Crippen molar-refractivity contribution in [1.29, 1.82) is 0 Å². The van der Waals surface area contributed by atoms with E-state index in [9.17, 15) is 4.79 Å². The van der Waals surface area contributed by atoms with Gasteiger partial charge in [-0.2, -0.15) is 0 Å². The molecule has 3 rings (SSSR count). The third kappa shape index (κ3) is 2.25. The second kappa shape index (κ2) is 4.90. The maximum absolute atomic E-state index is 11.8. The van der Waals surface area contributed by atoms with Crippen molar-refractivity contribution in [1.82, 2.24) is 4.98 Å². The molecule has 1 fully saturated rings. The SMILES string of the molecule is CCOC(=O)CC1C(c2c(C)[nH]c3ccccc23)C1(C)C. The average Bonchev–Trinajstić information content (AvgIpc) is 2.78. The van der Waals surface area contributed by atoms with Crippen molar-refractivity contribution < 1.29 is 9.53 Å². The van der Waals surface area contributed by atoms with Crippen LogP contribution in [-0.4, -0.2) is 17.6 Å². The van der Waals surface area contributed by atoms with Crippen LogP contribution in [0.3, 0.4) is 0 Å². The van der Waals surface area contributed by atoms with E-state index in [2.05, 4.69) is 50.0 Å². The third-order valence-electron chi connectivity index (χ3n) is 5.00. The quantitative estimate of drug-likeness (QED) is 0.857. The zero-order valence-electron chi connectivity index (χ0n) is 13.2. The van der Waals surface area contributed by atoms with Crippen LogP contribution in [0.15, 0.2) is 24.3 Å². The van der Waals surface area contributed by atoms with Crippen LogP contribution in [0.4, 0.5) is 0 Å². The predicted molar refractivity (Wildman–Crippen MR) is 84.3 cm³/mol. The number of aromatic amines is 1. The van der Waals surface area contributed by atoms with Crippen LogP contribution in [0.25, 0.3) is 10.9 Å². The summed E-state index contributed by atoms with van der Waals surface area (Å²) in [5.74, 6) is 0.725. The summed E-state index contributed by atoms with van der Waals surface area (Å²) in [6, 6.07) is 8.41. The Hall–Kier alpha value is -1.77. The topological polar surface area (TPSA) is 42.1 Å². The molecule has 1 heterocycles. The number of aromatic nitrogens is 1. The molecular formula is C18H23NO2. The molecule has 0 bridgehead atoms. The fourth-order valence-electron chi connectivity index (χ4n) is 3.80. The lowest BCUT2D eigenvalue weighted by molar-refractivity contribution is -0.143. The summed E-state index contributed by atoms with van der Waals surface area (Å²) < 4.78 is 5.12. The second-order valence-electron chi connectivity index (χ2n) is 6.62. The van der Waals surface area contributed by atoms with Crippen LogP contribution < -0.4 is 0 Å². The van der Waals surface area contributed by atoms with Gasteiger partial charge in [0.2, 0.25) is 0 Å². The first kappa shape index (κ1) is 14.2. The van der Waals surface area contributed by atoms with E-state index in [1.807, 2.05) is 6.92 Å². The van der Waals surface area contributed by atoms with Gasteiger partial charge in [-0.3, -0.25) is 4.79 Å². The van der Waals surface area contributed by atoms with Gasteiger partial charge in [-0.05, 0) is 42.7 Å². The summed E-state index contributed by atoms with van der Waals surface area (Å²) in [6.07, 6.45) is 0.518. The van der Waals surface area contributed by atoms with Crippen molar-refractivity contribution in [2.45, 2.75) is 40.0 Å². The van der Waals surface area contributed by atoms with Crippen molar-refractivity contribution in [2.75, 3.05) is 6.61 Å². The lowest BCUT2D eigenvalue weighted by atomic mass is 10.0. The minimum Gasteiger partial charge on any atom is -0.466 e. The normalized spacial score (nSPS) is 23.2. The van der Waals surface area contributed by atoms with Crippen LogP contribution in [0, 0.1) is 18.3 Å². The largest absolute Gasteiger partial charge is 0.466 e. The van der Waals surface area contributed by atoms with Gasteiger partial charge in [0.15, 0.2) is 0 Å². The molecule has 0 saturated heterocycles. The van der Waals surface area contributed by atoms with Gasteiger partial charge in [0, 0.05) is 23.0 Å². The van der Waals surface area contributed by atoms with E-state index in [1.165, 1.54) is 22.2 Å². The van der Waals surface area contributed by atoms with E-state index in [1.54, 1.807) is 0 Å². The van der Waals surface area contributed by atoms with Crippen molar-refractivity contribution in [3.8, 4) is 0 Å². The molecule has 0 aliphatic heterocycles. The number of fused-ring (bicyclic) bond motifs is 1. The molecule has 2 unspecified atom stereocenters. The molecule has 3 heteroatoms. The van der Waals surface area contributed by atoms with E-state index in [0.29, 0.717) is 24.9 Å². The highest BCUT2D eigenvalue weighted by molar-refractivity contribution is 5.86. The fourth-order valence-corrected chi connectivity index (χ4v) is 3.80. The molecule has 21 heavy (non-hydrogen) atoms. The lowest BCUT2D eigenvalue weighted by Crippen LogP contribution is -2.06. The highest BCUT2D eigenvalue weighted by Crippen LogP contribution is 2.67. The van der Waals surface area contributed by atoms with Crippen LogP contribution in [-0.2, 0) is 9.53 Å². The first-order valence-corrected chi connectivity index (χ1v) is 7.69. The Labute approximate surface area is 125 Å². The molecule has 1 N–H and O–H groups in total. The number of H-pyrrole nitrogens is 1. The molecule has 1 aromatic carbocycles. The molecule has 2 atom stereocenters. The Morgan fingerprint density at radius 1 is 1.33 bits per heavy atom. The van der Waals surface area contributed by atoms with E-state index in [-0.39, 0.29) is 11.4 Å². The molecule has 3 nitrogen and oxygen atoms in total. The number of hydrogen-bond acceptors (Lipinski definition) is 2. The molecule has 2 aromatic rings. The van der Waals surface area contributed by atoms with Crippen molar-refractivity contribution in [3.05, 3.63) is 35.5 Å². The number of para-hydroxylation sites is 1. The number of carbonyl (C=O) groups is 1. The van der Waals surface area contributed by atoms with E-state index in [0.717, 1.165) is 0 Å². The van der Waals surface area contributed by atoms with Gasteiger partial charge in [0.1, 0.15) is 0 Å². The number of esters is 1. The standard InChI is InChI=1S/C18H23NO2/c1-5-21-15(20)10-13-17(18(13,3)4)16-11(2)19-14-9-7-6-8-12(14)16/h6-9,13,17,19H,5,10H2,1-4H3. The highest BCUT2D eigenvalue weighted by Gasteiger charge is 2.59. The Morgan fingerprint density at radius 2 is 2.05 bits per heavy atom. The first-order chi connectivity index (χ1) is 9.96. The molecule has 0 radical (unpaired) electrons. The van der Waals surface area contributed by atoms with Gasteiger partial charge < -0.3 is 9.72 Å². The summed E-state index contributed by atoms with van der Waals surface area (Å²) >= 11 is 0. The Kier molecular flexibility index (Phi) is 3.31. The molecule has 1 aromatic heterocycles. The lowest BCUT2D eigenvalue weighted by Gasteiger charge is -2.03. The summed E-state index contributed by atoms with van der Waals surface area (Å²) in [5, 5.41) is 1.29. The van der Waals surface area contributed by atoms with Gasteiger partial charge in [0.25, 0.3) is 0 Å². The molecule has 0 amide bonds. The van der Waals surface area contributed by atoms with Gasteiger partial charge in [-0.25, -0.2) is 0 Å². The van der Waals surface area contributed by atoms with Gasteiger partial charge in [-0.15, -0.1) is 0 Å². The number of rotatable bonds is 4. The minimum atomic E-state index is -0.0735. The zero-order valence-corrected chi connectivity index (χ0v) is 13.2. The van der Waals surface area contributed by atoms with Gasteiger partial charge >= 0.3 is 5.97 Å². The number of hydrogen-bond donors (Lipinski definition) is 1. The molecule has 1 saturated carbocycles. The van der Waals surface area contributed by atoms with Crippen molar-refractivity contribution in [2.24, 2.45) is 11.3 Å². The summed E-state index contributed by atoms with van der Waals surface area (Å²) in [4.78, 5) is 15.3. The van der Waals surface area contributed by atoms with Crippen LogP contribution in [0.2, 0.25) is 0 Å². The molecular weight excluding hydrogens is 262 g/mol. The molecule has 1 aliphatic rings. The first-order valence-electron chi connectivity index (χ1n) is 7.69. The van der Waals surface area contributed by atoms with Gasteiger partial charge in [-0.1, -0.05) is 32.0 Å². The second-order valence-corrected chi connectivity index (χ2v) is 6.62. The summed E-state index contributed by atoms with van der Waals surface area (Å²) in [5.41, 5.74) is 3.94.